The van der Waals surface area contributed by atoms with E-state index in [1.54, 1.807) is 0 Å². The summed E-state index contributed by atoms with van der Waals surface area (Å²) in [5.41, 5.74) is 1.17. The maximum Gasteiger partial charge on any atom is 0.324 e. The molecule has 4 rings (SSSR count). The minimum Gasteiger partial charge on any atom is -0.480 e. The molecule has 2 aliphatic carbocycles. The fourth-order valence-corrected chi connectivity index (χ4v) is 5.53. The van der Waals surface area contributed by atoms with Crippen molar-refractivity contribution in [2.24, 2.45) is 11.3 Å². The molecule has 0 bridgehead atoms. The molecule has 0 amide bonds. The summed E-state index contributed by atoms with van der Waals surface area (Å²) in [6.07, 6.45) is 8.63. The third-order valence-corrected chi connectivity index (χ3v) is 7.65. The molecule has 1 N–H and O–H groups in total. The van der Waals surface area contributed by atoms with E-state index in [-0.39, 0.29) is 5.41 Å². The van der Waals surface area contributed by atoms with Gasteiger partial charge in [0.25, 0.3) is 0 Å². The summed E-state index contributed by atoms with van der Waals surface area (Å²) < 4.78 is 5.62. The number of nitrogens with zero attached hydrogens (tertiary/aromatic N) is 1. The van der Waals surface area contributed by atoms with Gasteiger partial charge in [-0.05, 0) is 87.3 Å². The Kier molecular flexibility index (Phi) is 5.30. The van der Waals surface area contributed by atoms with Gasteiger partial charge in [-0.15, -0.1) is 0 Å². The van der Waals surface area contributed by atoms with Crippen molar-refractivity contribution >= 4 is 5.97 Å². The summed E-state index contributed by atoms with van der Waals surface area (Å²) in [6, 6.07) is 10.9. The lowest BCUT2D eigenvalue weighted by atomic mass is 9.70. The van der Waals surface area contributed by atoms with E-state index in [4.69, 9.17) is 4.74 Å². The second kappa shape index (κ2) is 7.56. The Bertz CT molecular complexity index is 647. The number of aliphatic carboxylic acids is 1. The summed E-state index contributed by atoms with van der Waals surface area (Å²) in [5.74, 6) is 0.948. The number of carbonyl (C=O) groups is 1. The zero-order valence-corrected chi connectivity index (χ0v) is 16.5. The van der Waals surface area contributed by atoms with Crippen LogP contribution in [0.25, 0.3) is 0 Å². The Morgan fingerprint density at radius 2 is 1.89 bits per heavy atom. The normalized spacial score (nSPS) is 29.1. The van der Waals surface area contributed by atoms with E-state index in [1.165, 1.54) is 24.8 Å². The predicted octanol–water partition coefficient (Wildman–Crippen LogP) is 4.31. The number of carboxylic acids is 1. The number of hydrogen-bond acceptors (Lipinski definition) is 3. The molecule has 1 aromatic carbocycles. The molecule has 148 valence electrons. The number of benzene rings is 1. The standard InChI is InChI=1S/C23H33NO3/c1-27-17-22(11-8-19-16-20(19)18-6-3-2-4-7-18)12-14-24(15-13-22)23(21(25)26)9-5-10-23/h2-4,6-7,19-20H,5,8-17H2,1H3,(H,25,26)/t19-,20?/m1/s1. The molecule has 4 nitrogen and oxygen atoms in total. The Hall–Kier alpha value is -1.39. The number of likely N-dealkylation sites (tertiary alicyclic amines) is 1. The van der Waals surface area contributed by atoms with Gasteiger partial charge in [-0.25, -0.2) is 0 Å². The molecule has 2 saturated carbocycles. The molecule has 1 saturated heterocycles. The third kappa shape index (κ3) is 3.66. The van der Waals surface area contributed by atoms with Crippen LogP contribution in [0.15, 0.2) is 30.3 Å². The minimum atomic E-state index is -0.614. The highest BCUT2D eigenvalue weighted by atomic mass is 16.5. The summed E-state index contributed by atoms with van der Waals surface area (Å²) in [6.45, 7) is 2.62. The summed E-state index contributed by atoms with van der Waals surface area (Å²) in [5, 5.41) is 9.72. The van der Waals surface area contributed by atoms with Crippen LogP contribution in [0.4, 0.5) is 0 Å². The first-order valence-corrected chi connectivity index (χ1v) is 10.6. The number of hydrogen-bond donors (Lipinski definition) is 1. The lowest BCUT2D eigenvalue weighted by Crippen LogP contribution is -2.62. The van der Waals surface area contributed by atoms with E-state index in [1.807, 2.05) is 7.11 Å². The van der Waals surface area contributed by atoms with Crippen molar-refractivity contribution in [1.29, 1.82) is 0 Å². The average molecular weight is 372 g/mol. The average Bonchev–Trinajstić information content (AvgIpc) is 3.41. The van der Waals surface area contributed by atoms with Gasteiger partial charge in [-0.2, -0.15) is 0 Å². The predicted molar refractivity (Wildman–Crippen MR) is 106 cm³/mol. The van der Waals surface area contributed by atoms with Crippen LogP contribution in [0.5, 0.6) is 0 Å². The highest BCUT2D eigenvalue weighted by molar-refractivity contribution is 5.80. The van der Waals surface area contributed by atoms with Crippen molar-refractivity contribution in [3.05, 3.63) is 35.9 Å². The lowest BCUT2D eigenvalue weighted by Gasteiger charge is -2.52. The molecule has 0 aromatic heterocycles. The van der Waals surface area contributed by atoms with Gasteiger partial charge in [0.2, 0.25) is 0 Å². The van der Waals surface area contributed by atoms with Crippen molar-refractivity contribution in [3.63, 3.8) is 0 Å². The van der Waals surface area contributed by atoms with E-state index >= 15 is 0 Å². The topological polar surface area (TPSA) is 49.8 Å². The molecule has 2 atom stereocenters. The van der Waals surface area contributed by atoms with E-state index in [0.717, 1.165) is 63.6 Å². The van der Waals surface area contributed by atoms with Crippen LogP contribution >= 0.6 is 0 Å². The molecule has 1 heterocycles. The summed E-state index contributed by atoms with van der Waals surface area (Å²) in [4.78, 5) is 14.1. The van der Waals surface area contributed by atoms with Gasteiger partial charge >= 0.3 is 5.97 Å². The first-order valence-electron chi connectivity index (χ1n) is 10.6. The zero-order valence-electron chi connectivity index (χ0n) is 16.5. The van der Waals surface area contributed by atoms with Gasteiger partial charge < -0.3 is 9.84 Å². The quantitative estimate of drug-likeness (QED) is 0.740. The van der Waals surface area contributed by atoms with Crippen LogP contribution in [0, 0.1) is 11.3 Å². The fourth-order valence-electron chi connectivity index (χ4n) is 5.53. The maximum atomic E-state index is 11.8. The minimum absolute atomic E-state index is 0.235. The van der Waals surface area contributed by atoms with Gasteiger partial charge in [-0.3, -0.25) is 9.69 Å². The highest BCUT2D eigenvalue weighted by Crippen LogP contribution is 2.52. The smallest absolute Gasteiger partial charge is 0.324 e. The highest BCUT2D eigenvalue weighted by Gasteiger charge is 2.51. The summed E-state index contributed by atoms with van der Waals surface area (Å²) in [7, 11) is 1.81. The fraction of sp³-hybridized carbons (Fsp3) is 0.696. The molecule has 1 aliphatic heterocycles. The monoisotopic (exact) mass is 371 g/mol. The van der Waals surface area contributed by atoms with E-state index in [2.05, 4.69) is 35.2 Å². The van der Waals surface area contributed by atoms with Crippen LogP contribution < -0.4 is 0 Å². The number of carboxylic acid groups (broad SMARTS) is 1. The largest absolute Gasteiger partial charge is 0.480 e. The Morgan fingerprint density at radius 1 is 1.19 bits per heavy atom. The SMILES string of the molecule is COCC1(CC[C@@H]2CC2c2ccccc2)CCN(C2(C(=O)O)CCC2)CC1. The molecule has 27 heavy (non-hydrogen) atoms. The van der Waals surface area contributed by atoms with Crippen LogP contribution in [0.1, 0.15) is 62.8 Å². The van der Waals surface area contributed by atoms with Crippen LogP contribution in [-0.2, 0) is 9.53 Å². The number of piperidine rings is 1. The maximum absolute atomic E-state index is 11.8. The number of methoxy groups -OCH3 is 1. The van der Waals surface area contributed by atoms with Crippen LogP contribution in [0.2, 0.25) is 0 Å². The Balaban J connectivity index is 1.33. The van der Waals surface area contributed by atoms with Gasteiger partial charge in [-0.1, -0.05) is 30.3 Å². The molecule has 4 heteroatoms. The molecular formula is C23H33NO3. The molecule has 1 unspecified atom stereocenters. The van der Waals surface area contributed by atoms with Crippen molar-refractivity contribution in [3.8, 4) is 0 Å². The van der Waals surface area contributed by atoms with Crippen molar-refractivity contribution in [2.75, 3.05) is 26.8 Å². The van der Waals surface area contributed by atoms with Crippen molar-refractivity contribution in [1.82, 2.24) is 4.90 Å². The van der Waals surface area contributed by atoms with Crippen LogP contribution in [0.3, 0.4) is 0 Å². The van der Waals surface area contributed by atoms with Crippen molar-refractivity contribution < 1.29 is 14.6 Å². The third-order valence-electron chi connectivity index (χ3n) is 7.65. The van der Waals surface area contributed by atoms with Crippen LogP contribution in [-0.4, -0.2) is 48.3 Å². The zero-order chi connectivity index (χ0) is 18.9. The molecular weight excluding hydrogens is 338 g/mol. The second-order valence-electron chi connectivity index (χ2n) is 9.16. The first kappa shape index (κ1) is 18.9. The van der Waals surface area contributed by atoms with Gasteiger partial charge in [0.1, 0.15) is 5.54 Å². The van der Waals surface area contributed by atoms with E-state index in [0.29, 0.717) is 0 Å². The van der Waals surface area contributed by atoms with E-state index < -0.39 is 11.5 Å². The Morgan fingerprint density at radius 3 is 2.44 bits per heavy atom. The molecule has 3 aliphatic rings. The van der Waals surface area contributed by atoms with Crippen molar-refractivity contribution in [2.45, 2.75) is 62.8 Å². The molecule has 1 aromatic rings. The van der Waals surface area contributed by atoms with Gasteiger partial charge in [0.05, 0.1) is 6.61 Å². The van der Waals surface area contributed by atoms with E-state index in [9.17, 15) is 9.90 Å². The number of rotatable bonds is 8. The van der Waals surface area contributed by atoms with Gasteiger partial charge in [0, 0.05) is 7.11 Å². The number of ether oxygens (including phenoxy) is 1. The molecule has 0 spiro atoms. The molecule has 0 radical (unpaired) electrons. The van der Waals surface area contributed by atoms with Gasteiger partial charge in [0.15, 0.2) is 0 Å². The lowest BCUT2D eigenvalue weighted by molar-refractivity contribution is -0.162. The molecule has 3 fully saturated rings. The second-order valence-corrected chi connectivity index (χ2v) is 9.16. The summed E-state index contributed by atoms with van der Waals surface area (Å²) >= 11 is 0. The first-order chi connectivity index (χ1) is 13.1. The Labute approximate surface area is 162 Å².